The number of thioether (sulfide) groups is 1. The molecule has 4 rings (SSSR count). The molecule has 2 heterocycles. The molecular weight excluding hydrogens is 404 g/mol. The SMILES string of the molecule is CC1(C)CCc2cc(-c3ccnc(SCC(=O)c4ccc(Cl)cc4)n3)ccc2O1. The number of ether oxygens (including phenoxy) is 1. The van der Waals surface area contributed by atoms with Gasteiger partial charge in [-0.15, -0.1) is 0 Å². The monoisotopic (exact) mass is 424 g/mol. The van der Waals surface area contributed by atoms with E-state index in [2.05, 4.69) is 29.9 Å². The van der Waals surface area contributed by atoms with Crippen LogP contribution in [-0.2, 0) is 6.42 Å². The first kappa shape index (κ1) is 19.9. The van der Waals surface area contributed by atoms with E-state index in [1.54, 1.807) is 30.5 Å². The third kappa shape index (κ3) is 4.80. The highest BCUT2D eigenvalue weighted by Gasteiger charge is 2.26. The summed E-state index contributed by atoms with van der Waals surface area (Å²) < 4.78 is 6.07. The van der Waals surface area contributed by atoms with E-state index < -0.39 is 0 Å². The van der Waals surface area contributed by atoms with Gasteiger partial charge in [-0.1, -0.05) is 23.4 Å². The van der Waals surface area contributed by atoms with Crippen LogP contribution in [0.4, 0.5) is 0 Å². The number of carbonyl (C=O) groups is 1. The minimum atomic E-state index is -0.121. The number of nitrogens with zero attached hydrogens (tertiary/aromatic N) is 2. The molecule has 0 atom stereocenters. The van der Waals surface area contributed by atoms with E-state index in [-0.39, 0.29) is 17.1 Å². The number of ketones is 1. The van der Waals surface area contributed by atoms with Crippen LogP contribution in [0.1, 0.15) is 36.2 Å². The predicted octanol–water partition coefficient (Wildman–Crippen LogP) is 5.88. The van der Waals surface area contributed by atoms with Crippen molar-refractivity contribution in [1.82, 2.24) is 9.97 Å². The van der Waals surface area contributed by atoms with Gasteiger partial charge in [0.25, 0.3) is 0 Å². The van der Waals surface area contributed by atoms with Crippen LogP contribution in [0.2, 0.25) is 5.02 Å². The van der Waals surface area contributed by atoms with E-state index in [1.807, 2.05) is 18.2 Å². The molecule has 3 aromatic rings. The minimum Gasteiger partial charge on any atom is -0.488 e. The maximum Gasteiger partial charge on any atom is 0.188 e. The Morgan fingerprint density at radius 2 is 1.97 bits per heavy atom. The number of aryl methyl sites for hydroxylation is 1. The molecular formula is C23H21ClN2O2S. The first-order valence-corrected chi connectivity index (χ1v) is 10.8. The fourth-order valence-corrected chi connectivity index (χ4v) is 4.09. The van der Waals surface area contributed by atoms with Crippen LogP contribution in [0.5, 0.6) is 5.75 Å². The number of hydrogen-bond donors (Lipinski definition) is 0. The van der Waals surface area contributed by atoms with Crippen molar-refractivity contribution in [2.24, 2.45) is 0 Å². The van der Waals surface area contributed by atoms with Crippen molar-refractivity contribution in [1.29, 1.82) is 0 Å². The van der Waals surface area contributed by atoms with Crippen molar-refractivity contribution in [2.45, 2.75) is 37.4 Å². The Labute approximate surface area is 179 Å². The Kier molecular flexibility index (Phi) is 5.61. The number of carbonyl (C=O) groups excluding carboxylic acids is 1. The summed E-state index contributed by atoms with van der Waals surface area (Å²) in [7, 11) is 0. The van der Waals surface area contributed by atoms with Gasteiger partial charge in [-0.3, -0.25) is 4.79 Å². The highest BCUT2D eigenvalue weighted by molar-refractivity contribution is 7.99. The maximum atomic E-state index is 12.4. The molecule has 0 amide bonds. The first-order chi connectivity index (χ1) is 13.9. The summed E-state index contributed by atoms with van der Waals surface area (Å²) >= 11 is 7.21. The molecule has 1 aromatic heterocycles. The van der Waals surface area contributed by atoms with Gasteiger partial charge < -0.3 is 4.74 Å². The molecule has 1 aliphatic heterocycles. The topological polar surface area (TPSA) is 52.1 Å². The number of fused-ring (bicyclic) bond motifs is 1. The Morgan fingerprint density at radius 1 is 1.17 bits per heavy atom. The average Bonchev–Trinajstić information content (AvgIpc) is 2.72. The molecule has 0 aliphatic carbocycles. The lowest BCUT2D eigenvalue weighted by Gasteiger charge is -2.32. The molecule has 2 aromatic carbocycles. The maximum absolute atomic E-state index is 12.4. The summed E-state index contributed by atoms with van der Waals surface area (Å²) in [5.41, 5.74) is 3.58. The van der Waals surface area contributed by atoms with Gasteiger partial charge in [-0.2, -0.15) is 0 Å². The zero-order valence-corrected chi connectivity index (χ0v) is 17.9. The number of aromatic nitrogens is 2. The van der Waals surface area contributed by atoms with Crippen LogP contribution < -0.4 is 4.74 Å². The molecule has 0 radical (unpaired) electrons. The van der Waals surface area contributed by atoms with Crippen LogP contribution in [0.3, 0.4) is 0 Å². The second-order valence-electron chi connectivity index (χ2n) is 7.63. The Balaban J connectivity index is 1.48. The second kappa shape index (κ2) is 8.17. The van der Waals surface area contributed by atoms with Gasteiger partial charge in [0.2, 0.25) is 0 Å². The smallest absolute Gasteiger partial charge is 0.188 e. The van der Waals surface area contributed by atoms with Gasteiger partial charge in [0.15, 0.2) is 10.9 Å². The first-order valence-electron chi connectivity index (χ1n) is 9.47. The summed E-state index contributed by atoms with van der Waals surface area (Å²) in [5.74, 6) is 1.24. The molecule has 0 saturated carbocycles. The van der Waals surface area contributed by atoms with Gasteiger partial charge in [0.1, 0.15) is 11.4 Å². The van der Waals surface area contributed by atoms with Crippen LogP contribution in [0, 0.1) is 0 Å². The van der Waals surface area contributed by atoms with Crippen LogP contribution in [-0.4, -0.2) is 27.1 Å². The quantitative estimate of drug-likeness (QED) is 0.291. The highest BCUT2D eigenvalue weighted by atomic mass is 35.5. The van der Waals surface area contributed by atoms with Crippen LogP contribution in [0.25, 0.3) is 11.3 Å². The van der Waals surface area contributed by atoms with Gasteiger partial charge in [-0.05, 0) is 80.8 Å². The molecule has 0 N–H and O–H groups in total. The van der Waals surface area contributed by atoms with E-state index in [0.29, 0.717) is 15.7 Å². The van der Waals surface area contributed by atoms with E-state index in [0.717, 1.165) is 29.8 Å². The van der Waals surface area contributed by atoms with Crippen molar-refractivity contribution in [3.8, 4) is 17.0 Å². The summed E-state index contributed by atoms with van der Waals surface area (Å²) in [6, 6.07) is 15.0. The third-order valence-corrected chi connectivity index (χ3v) is 5.98. The highest BCUT2D eigenvalue weighted by Crippen LogP contribution is 2.35. The van der Waals surface area contributed by atoms with Gasteiger partial charge >= 0.3 is 0 Å². The summed E-state index contributed by atoms with van der Waals surface area (Å²) in [4.78, 5) is 21.3. The summed E-state index contributed by atoms with van der Waals surface area (Å²) in [6.45, 7) is 4.23. The molecule has 0 spiro atoms. The molecule has 0 fully saturated rings. The van der Waals surface area contributed by atoms with Crippen molar-refractivity contribution >= 4 is 29.1 Å². The van der Waals surface area contributed by atoms with Gasteiger partial charge in [0.05, 0.1) is 11.4 Å². The normalized spacial score (nSPS) is 14.7. The van der Waals surface area contributed by atoms with E-state index in [1.165, 1.54) is 17.3 Å². The van der Waals surface area contributed by atoms with Crippen molar-refractivity contribution in [2.75, 3.05) is 5.75 Å². The minimum absolute atomic E-state index is 0.0224. The number of halogens is 1. The standard InChI is InChI=1S/C23H21ClN2O2S/c1-23(2)11-9-17-13-16(5-8-21(17)28-23)19-10-12-25-22(26-19)29-14-20(27)15-3-6-18(24)7-4-15/h3-8,10,12-13H,9,11,14H2,1-2H3. The zero-order valence-electron chi connectivity index (χ0n) is 16.3. The number of benzene rings is 2. The molecule has 1 aliphatic rings. The van der Waals surface area contributed by atoms with E-state index in [4.69, 9.17) is 16.3 Å². The molecule has 0 bridgehead atoms. The number of Topliss-reactive ketones (excluding diaryl/α,β-unsaturated/α-hetero) is 1. The molecule has 148 valence electrons. The summed E-state index contributed by atoms with van der Waals surface area (Å²) in [6.07, 6.45) is 3.70. The fourth-order valence-electron chi connectivity index (χ4n) is 3.24. The number of hydrogen-bond acceptors (Lipinski definition) is 5. The molecule has 4 nitrogen and oxygen atoms in total. The van der Waals surface area contributed by atoms with Crippen LogP contribution >= 0.6 is 23.4 Å². The average molecular weight is 425 g/mol. The Morgan fingerprint density at radius 3 is 2.76 bits per heavy atom. The molecule has 0 saturated heterocycles. The lowest BCUT2D eigenvalue weighted by molar-refractivity contribution is 0.0847. The third-order valence-electron chi connectivity index (χ3n) is 4.87. The summed E-state index contributed by atoms with van der Waals surface area (Å²) in [5, 5.41) is 1.20. The van der Waals surface area contributed by atoms with Crippen molar-refractivity contribution < 1.29 is 9.53 Å². The lowest BCUT2D eigenvalue weighted by Crippen LogP contribution is -2.32. The van der Waals surface area contributed by atoms with Crippen LogP contribution in [0.15, 0.2) is 59.9 Å². The van der Waals surface area contributed by atoms with Crippen molar-refractivity contribution in [3.63, 3.8) is 0 Å². The largest absolute Gasteiger partial charge is 0.488 e. The molecule has 29 heavy (non-hydrogen) atoms. The molecule has 0 unspecified atom stereocenters. The second-order valence-corrected chi connectivity index (χ2v) is 9.01. The number of rotatable bonds is 5. The Hall–Kier alpha value is -2.37. The zero-order chi connectivity index (χ0) is 20.4. The lowest BCUT2D eigenvalue weighted by atomic mass is 9.93. The van der Waals surface area contributed by atoms with E-state index >= 15 is 0 Å². The van der Waals surface area contributed by atoms with Gasteiger partial charge in [0, 0.05) is 22.3 Å². The Bertz CT molecular complexity index is 1050. The predicted molar refractivity (Wildman–Crippen MR) is 117 cm³/mol. The van der Waals surface area contributed by atoms with Crippen molar-refractivity contribution in [3.05, 3.63) is 70.9 Å². The van der Waals surface area contributed by atoms with Gasteiger partial charge in [-0.25, -0.2) is 9.97 Å². The molecule has 6 heteroatoms. The fraction of sp³-hybridized carbons (Fsp3) is 0.261. The van der Waals surface area contributed by atoms with E-state index in [9.17, 15) is 4.79 Å².